The van der Waals surface area contributed by atoms with Crippen molar-refractivity contribution in [2.75, 3.05) is 33.1 Å². The fourth-order valence-electron chi connectivity index (χ4n) is 2.16. The van der Waals surface area contributed by atoms with Crippen LogP contribution in [0.2, 0.25) is 0 Å². The molecule has 136 valence electrons. The molecule has 1 amide bonds. The fourth-order valence-corrected chi connectivity index (χ4v) is 2.98. The summed E-state index contributed by atoms with van der Waals surface area (Å²) in [6, 6.07) is 7.75. The number of benzene rings is 1. The largest absolute Gasteiger partial charge is 0.497 e. The van der Waals surface area contributed by atoms with Gasteiger partial charge in [0.1, 0.15) is 5.75 Å². The van der Waals surface area contributed by atoms with Crippen molar-refractivity contribution < 1.29 is 19.4 Å². The lowest BCUT2D eigenvalue weighted by atomic mass is 10.2. The Morgan fingerprint density at radius 1 is 1.32 bits per heavy atom. The molecule has 0 saturated carbocycles. The summed E-state index contributed by atoms with van der Waals surface area (Å²) in [5.74, 6) is 0.980. The minimum atomic E-state index is -0.136. The van der Waals surface area contributed by atoms with Crippen molar-refractivity contribution in [1.82, 2.24) is 14.9 Å². The maximum Gasteiger partial charge on any atom is 0.230 e. The van der Waals surface area contributed by atoms with Gasteiger partial charge in [0, 0.05) is 26.4 Å². The van der Waals surface area contributed by atoms with Crippen LogP contribution in [0.3, 0.4) is 0 Å². The van der Waals surface area contributed by atoms with Gasteiger partial charge < -0.3 is 24.5 Å². The number of nitrogens with zero attached hydrogens (tertiary/aromatic N) is 2. The van der Waals surface area contributed by atoms with Gasteiger partial charge in [-0.05, 0) is 17.7 Å². The first-order valence-electron chi connectivity index (χ1n) is 7.84. The summed E-state index contributed by atoms with van der Waals surface area (Å²) >= 11 is 1.34. The summed E-state index contributed by atoms with van der Waals surface area (Å²) in [5.41, 5.74) is 1.66. The second-order valence-electron chi connectivity index (χ2n) is 5.28. The van der Waals surface area contributed by atoms with Gasteiger partial charge in [-0.25, -0.2) is 4.98 Å². The Morgan fingerprint density at radius 3 is 2.72 bits per heavy atom. The van der Waals surface area contributed by atoms with Gasteiger partial charge in [-0.2, -0.15) is 0 Å². The first-order valence-corrected chi connectivity index (χ1v) is 8.83. The van der Waals surface area contributed by atoms with E-state index in [1.807, 2.05) is 28.8 Å². The highest BCUT2D eigenvalue weighted by molar-refractivity contribution is 7.99. The third-order valence-corrected chi connectivity index (χ3v) is 4.42. The van der Waals surface area contributed by atoms with E-state index in [9.17, 15) is 9.90 Å². The molecule has 2 N–H and O–H groups in total. The third kappa shape index (κ3) is 6.08. The van der Waals surface area contributed by atoms with Gasteiger partial charge in [-0.3, -0.25) is 4.79 Å². The zero-order chi connectivity index (χ0) is 18.1. The summed E-state index contributed by atoms with van der Waals surface area (Å²) in [5, 5.41) is 12.8. The highest BCUT2D eigenvalue weighted by atomic mass is 32.2. The van der Waals surface area contributed by atoms with Gasteiger partial charge >= 0.3 is 0 Å². The topological polar surface area (TPSA) is 85.6 Å². The molecule has 0 atom stereocenters. The number of nitrogens with one attached hydrogen (secondary N) is 1. The number of rotatable bonds is 10. The van der Waals surface area contributed by atoms with E-state index in [-0.39, 0.29) is 18.3 Å². The molecule has 7 nitrogen and oxygen atoms in total. The van der Waals surface area contributed by atoms with Gasteiger partial charge in [-0.1, -0.05) is 23.9 Å². The van der Waals surface area contributed by atoms with Crippen LogP contribution >= 0.6 is 11.8 Å². The van der Waals surface area contributed by atoms with Crippen LogP contribution in [0.15, 0.2) is 35.6 Å². The number of ether oxygens (including phenoxy) is 2. The van der Waals surface area contributed by atoms with Crippen molar-refractivity contribution in [3.8, 4) is 5.75 Å². The van der Waals surface area contributed by atoms with Gasteiger partial charge in [0.25, 0.3) is 0 Å². The van der Waals surface area contributed by atoms with Gasteiger partial charge in [0.05, 0.1) is 31.8 Å². The molecular formula is C17H23N3O4S. The summed E-state index contributed by atoms with van der Waals surface area (Å²) in [6.45, 7) is 1.43. The second kappa shape index (κ2) is 10.1. The van der Waals surface area contributed by atoms with Gasteiger partial charge in [0.2, 0.25) is 5.91 Å². The molecule has 0 fully saturated rings. The summed E-state index contributed by atoms with van der Waals surface area (Å²) in [4.78, 5) is 16.2. The van der Waals surface area contributed by atoms with E-state index in [1.165, 1.54) is 11.8 Å². The van der Waals surface area contributed by atoms with Gasteiger partial charge in [0.15, 0.2) is 5.16 Å². The zero-order valence-electron chi connectivity index (χ0n) is 14.4. The Balaban J connectivity index is 2.00. The molecule has 1 aromatic carbocycles. The summed E-state index contributed by atoms with van der Waals surface area (Å²) in [7, 11) is 3.22. The molecule has 2 rings (SSSR count). The molecule has 0 saturated heterocycles. The predicted molar refractivity (Wildman–Crippen MR) is 95.9 cm³/mol. The zero-order valence-corrected chi connectivity index (χ0v) is 15.2. The number of hydrogen-bond acceptors (Lipinski definition) is 6. The molecule has 0 aliphatic heterocycles. The van der Waals surface area contributed by atoms with Crippen LogP contribution in [0.25, 0.3) is 0 Å². The second-order valence-corrected chi connectivity index (χ2v) is 6.22. The maximum absolute atomic E-state index is 11.8. The average molecular weight is 365 g/mol. The minimum Gasteiger partial charge on any atom is -0.497 e. The van der Waals surface area contributed by atoms with Crippen molar-refractivity contribution in [2.45, 2.75) is 18.3 Å². The SMILES string of the molecule is COCCNC(=O)CSc1nc(CO)cn1Cc1ccc(OC)cc1. The van der Waals surface area contributed by atoms with Gasteiger partial charge in [-0.15, -0.1) is 0 Å². The molecule has 0 unspecified atom stereocenters. The van der Waals surface area contributed by atoms with Crippen LogP contribution in [-0.4, -0.2) is 53.7 Å². The molecule has 0 radical (unpaired) electrons. The number of imidazole rings is 1. The molecule has 1 heterocycles. The van der Waals surface area contributed by atoms with E-state index in [2.05, 4.69) is 10.3 Å². The van der Waals surface area contributed by atoms with Crippen LogP contribution in [0, 0.1) is 0 Å². The monoisotopic (exact) mass is 365 g/mol. The third-order valence-electron chi connectivity index (χ3n) is 3.42. The Morgan fingerprint density at radius 2 is 2.08 bits per heavy atom. The lowest BCUT2D eigenvalue weighted by Crippen LogP contribution is -2.28. The van der Waals surface area contributed by atoms with E-state index in [0.717, 1.165) is 11.3 Å². The number of hydrogen-bond donors (Lipinski definition) is 2. The van der Waals surface area contributed by atoms with Crippen LogP contribution < -0.4 is 10.1 Å². The number of carbonyl (C=O) groups is 1. The molecule has 0 spiro atoms. The lowest BCUT2D eigenvalue weighted by Gasteiger charge is -2.08. The van der Waals surface area contributed by atoms with Crippen molar-refractivity contribution in [3.63, 3.8) is 0 Å². The Hall–Kier alpha value is -2.03. The number of aliphatic hydroxyl groups excluding tert-OH is 1. The fraction of sp³-hybridized carbons (Fsp3) is 0.412. The van der Waals surface area contributed by atoms with Crippen molar-refractivity contribution in [1.29, 1.82) is 0 Å². The highest BCUT2D eigenvalue weighted by Crippen LogP contribution is 2.20. The number of methoxy groups -OCH3 is 2. The van der Waals surface area contributed by atoms with Crippen molar-refractivity contribution in [3.05, 3.63) is 41.7 Å². The van der Waals surface area contributed by atoms with E-state index in [1.54, 1.807) is 20.4 Å². The van der Waals surface area contributed by atoms with Crippen molar-refractivity contribution >= 4 is 17.7 Å². The van der Waals surface area contributed by atoms with E-state index >= 15 is 0 Å². The Labute approximate surface area is 151 Å². The van der Waals surface area contributed by atoms with E-state index in [4.69, 9.17) is 9.47 Å². The summed E-state index contributed by atoms with van der Waals surface area (Å²) in [6.07, 6.45) is 1.80. The number of carbonyl (C=O) groups excluding carboxylic acids is 1. The van der Waals surface area contributed by atoms with Crippen LogP contribution in [0.4, 0.5) is 0 Å². The number of aromatic nitrogens is 2. The molecule has 0 aliphatic carbocycles. The van der Waals surface area contributed by atoms with Crippen LogP contribution in [0.5, 0.6) is 5.75 Å². The molecule has 8 heteroatoms. The predicted octanol–water partition coefficient (Wildman–Crippen LogP) is 1.29. The molecule has 25 heavy (non-hydrogen) atoms. The van der Waals surface area contributed by atoms with Crippen molar-refractivity contribution in [2.24, 2.45) is 0 Å². The lowest BCUT2D eigenvalue weighted by molar-refractivity contribution is -0.118. The highest BCUT2D eigenvalue weighted by Gasteiger charge is 2.11. The Bertz CT molecular complexity index is 673. The van der Waals surface area contributed by atoms with E-state index < -0.39 is 0 Å². The number of thioether (sulfide) groups is 1. The first kappa shape index (κ1) is 19.3. The maximum atomic E-state index is 11.8. The molecule has 1 aromatic heterocycles. The normalized spacial score (nSPS) is 10.7. The molecule has 0 bridgehead atoms. The average Bonchev–Trinajstić information content (AvgIpc) is 3.03. The minimum absolute atomic E-state index is 0.0772. The standard InChI is InChI=1S/C17H23N3O4S/c1-23-8-7-18-16(22)12-25-17-19-14(11-21)10-20(17)9-13-3-5-15(24-2)6-4-13/h3-6,10,21H,7-9,11-12H2,1-2H3,(H,18,22). The molecule has 0 aliphatic rings. The van der Waals surface area contributed by atoms with E-state index in [0.29, 0.717) is 30.5 Å². The first-order chi connectivity index (χ1) is 12.2. The molecule has 2 aromatic rings. The molecular weight excluding hydrogens is 342 g/mol. The van der Waals surface area contributed by atoms with Crippen LogP contribution in [-0.2, 0) is 22.7 Å². The van der Waals surface area contributed by atoms with Crippen LogP contribution in [0.1, 0.15) is 11.3 Å². The number of amides is 1. The number of aliphatic hydroxyl groups is 1. The quantitative estimate of drug-likeness (QED) is 0.487. The smallest absolute Gasteiger partial charge is 0.230 e. The summed E-state index contributed by atoms with van der Waals surface area (Å²) < 4.78 is 12.0. The Kier molecular flexibility index (Phi) is 7.77.